The maximum absolute atomic E-state index is 12.7. The molecule has 0 aromatic rings. The maximum atomic E-state index is 12.7. The van der Waals surface area contributed by atoms with Crippen LogP contribution in [0.2, 0.25) is 0 Å². The lowest BCUT2D eigenvalue weighted by molar-refractivity contribution is 0.163. The van der Waals surface area contributed by atoms with Crippen LogP contribution in [0, 0.1) is 5.92 Å². The third kappa shape index (κ3) is 5.31. The van der Waals surface area contributed by atoms with Crippen LogP contribution in [0.1, 0.15) is 39.5 Å². The molecule has 0 bridgehead atoms. The number of nitrogens with zero attached hydrogens (tertiary/aromatic N) is 1. The minimum absolute atomic E-state index is 0.0895. The summed E-state index contributed by atoms with van der Waals surface area (Å²) in [6.07, 6.45) is 3.78. The number of rotatable bonds is 9. The molecule has 0 radical (unpaired) electrons. The highest BCUT2D eigenvalue weighted by Crippen LogP contribution is 2.19. The smallest absolute Gasteiger partial charge is 0.214 e. The van der Waals surface area contributed by atoms with E-state index >= 15 is 0 Å². The number of ether oxygens (including phenoxy) is 1. The first-order valence-corrected chi connectivity index (χ1v) is 9.35. The van der Waals surface area contributed by atoms with Gasteiger partial charge in [-0.25, -0.2) is 8.42 Å². The van der Waals surface area contributed by atoms with E-state index in [-0.39, 0.29) is 17.7 Å². The van der Waals surface area contributed by atoms with Crippen LogP contribution in [0.15, 0.2) is 0 Å². The third-order valence-corrected chi connectivity index (χ3v) is 6.16. The van der Waals surface area contributed by atoms with E-state index in [1.54, 1.807) is 11.4 Å². The van der Waals surface area contributed by atoms with Crippen molar-refractivity contribution in [2.24, 2.45) is 5.92 Å². The summed E-state index contributed by atoms with van der Waals surface area (Å²) in [5, 5.41) is 3.29. The van der Waals surface area contributed by atoms with E-state index in [1.807, 2.05) is 13.8 Å². The highest BCUT2D eigenvalue weighted by atomic mass is 32.2. The quantitative estimate of drug-likeness (QED) is 0.700. The van der Waals surface area contributed by atoms with Gasteiger partial charge >= 0.3 is 0 Å². The van der Waals surface area contributed by atoms with Crippen molar-refractivity contribution in [2.75, 3.05) is 39.1 Å². The molecule has 0 aromatic carbocycles. The highest BCUT2D eigenvalue weighted by molar-refractivity contribution is 7.89. The lowest BCUT2D eigenvalue weighted by atomic mass is 10.0. The zero-order valence-electron chi connectivity index (χ0n) is 13.1. The molecule has 1 fully saturated rings. The molecule has 1 saturated heterocycles. The molecule has 1 rings (SSSR count). The largest absolute Gasteiger partial charge is 0.383 e. The molecule has 1 aliphatic heterocycles. The van der Waals surface area contributed by atoms with Crippen LogP contribution >= 0.6 is 0 Å². The lowest BCUT2D eigenvalue weighted by Gasteiger charge is -2.32. The fraction of sp³-hybridized carbons (Fsp3) is 1.00. The van der Waals surface area contributed by atoms with Crippen molar-refractivity contribution < 1.29 is 13.2 Å². The van der Waals surface area contributed by atoms with Crippen LogP contribution in [-0.2, 0) is 14.8 Å². The first-order chi connectivity index (χ1) is 9.55. The summed E-state index contributed by atoms with van der Waals surface area (Å²) >= 11 is 0. The molecule has 1 N–H and O–H groups in total. The van der Waals surface area contributed by atoms with E-state index in [0.29, 0.717) is 13.2 Å². The SMILES string of the molecule is CCC(CC)N(CCOC)S(=O)(=O)CC1CCCNC1. The molecule has 1 heterocycles. The van der Waals surface area contributed by atoms with Gasteiger partial charge in [-0.1, -0.05) is 13.8 Å². The third-order valence-electron chi connectivity index (χ3n) is 4.07. The van der Waals surface area contributed by atoms with Gasteiger partial charge in [0, 0.05) is 19.7 Å². The summed E-state index contributed by atoms with van der Waals surface area (Å²) in [5.41, 5.74) is 0. The van der Waals surface area contributed by atoms with Gasteiger partial charge in [-0.2, -0.15) is 4.31 Å². The minimum atomic E-state index is -3.20. The van der Waals surface area contributed by atoms with Gasteiger partial charge < -0.3 is 10.1 Å². The molecule has 0 spiro atoms. The zero-order chi connectivity index (χ0) is 15.0. The van der Waals surface area contributed by atoms with Crippen LogP contribution < -0.4 is 5.32 Å². The Morgan fingerprint density at radius 3 is 2.55 bits per heavy atom. The number of hydrogen-bond acceptors (Lipinski definition) is 4. The van der Waals surface area contributed by atoms with Crippen molar-refractivity contribution in [3.63, 3.8) is 0 Å². The molecular formula is C14H30N2O3S. The molecule has 1 atom stereocenters. The van der Waals surface area contributed by atoms with E-state index < -0.39 is 10.0 Å². The Bertz CT molecular complexity index is 349. The van der Waals surface area contributed by atoms with E-state index in [4.69, 9.17) is 4.74 Å². The standard InChI is InChI=1S/C14H30N2O3S/c1-4-14(5-2)16(9-10-19-3)20(17,18)12-13-7-6-8-15-11-13/h13-15H,4-12H2,1-3H3. The number of methoxy groups -OCH3 is 1. The number of hydrogen-bond donors (Lipinski definition) is 1. The summed E-state index contributed by atoms with van der Waals surface area (Å²) in [7, 11) is -1.59. The van der Waals surface area contributed by atoms with E-state index in [9.17, 15) is 8.42 Å². The molecule has 1 aliphatic rings. The highest BCUT2D eigenvalue weighted by Gasteiger charge is 2.30. The van der Waals surface area contributed by atoms with Crippen molar-refractivity contribution >= 4 is 10.0 Å². The molecule has 0 aromatic heterocycles. The summed E-state index contributed by atoms with van der Waals surface area (Å²) in [5.74, 6) is 0.508. The summed E-state index contributed by atoms with van der Waals surface area (Å²) < 4.78 is 32.2. The van der Waals surface area contributed by atoms with E-state index in [0.717, 1.165) is 38.8 Å². The monoisotopic (exact) mass is 306 g/mol. The number of nitrogens with one attached hydrogen (secondary N) is 1. The molecule has 20 heavy (non-hydrogen) atoms. The lowest BCUT2D eigenvalue weighted by Crippen LogP contribution is -2.45. The van der Waals surface area contributed by atoms with Gasteiger partial charge in [0.15, 0.2) is 0 Å². The molecule has 120 valence electrons. The molecule has 6 heteroatoms. The first-order valence-electron chi connectivity index (χ1n) is 7.74. The maximum Gasteiger partial charge on any atom is 0.214 e. The molecular weight excluding hydrogens is 276 g/mol. The second kappa shape index (κ2) is 8.97. The van der Waals surface area contributed by atoms with Crippen LogP contribution in [0.3, 0.4) is 0 Å². The van der Waals surface area contributed by atoms with Gasteiger partial charge in [0.05, 0.1) is 12.4 Å². The van der Waals surface area contributed by atoms with Crippen molar-refractivity contribution in [3.05, 3.63) is 0 Å². The first kappa shape index (κ1) is 17.9. The van der Waals surface area contributed by atoms with Crippen molar-refractivity contribution in [2.45, 2.75) is 45.6 Å². The van der Waals surface area contributed by atoms with Gasteiger partial charge in [-0.05, 0) is 44.7 Å². The van der Waals surface area contributed by atoms with Crippen LogP contribution in [0.5, 0.6) is 0 Å². The van der Waals surface area contributed by atoms with Gasteiger partial charge in [-0.3, -0.25) is 0 Å². The Morgan fingerprint density at radius 2 is 2.05 bits per heavy atom. The summed E-state index contributed by atoms with van der Waals surface area (Å²) in [4.78, 5) is 0. The Morgan fingerprint density at radius 1 is 1.35 bits per heavy atom. The molecule has 1 unspecified atom stereocenters. The average molecular weight is 306 g/mol. The molecule has 0 aliphatic carbocycles. The summed E-state index contributed by atoms with van der Waals surface area (Å²) in [6, 6.07) is 0.0895. The molecule has 0 amide bonds. The predicted octanol–water partition coefficient (Wildman–Crippen LogP) is 1.45. The molecule has 0 saturated carbocycles. The Hall–Kier alpha value is -0.170. The second-order valence-electron chi connectivity index (χ2n) is 5.56. The van der Waals surface area contributed by atoms with Crippen molar-refractivity contribution in [1.29, 1.82) is 0 Å². The fourth-order valence-electron chi connectivity index (χ4n) is 2.89. The minimum Gasteiger partial charge on any atom is -0.383 e. The Balaban J connectivity index is 2.74. The van der Waals surface area contributed by atoms with Gasteiger partial charge in [0.1, 0.15) is 0 Å². The van der Waals surface area contributed by atoms with Gasteiger partial charge in [-0.15, -0.1) is 0 Å². The van der Waals surface area contributed by atoms with Gasteiger partial charge in [0.2, 0.25) is 10.0 Å². The fourth-order valence-corrected chi connectivity index (χ4v) is 5.06. The van der Waals surface area contributed by atoms with Gasteiger partial charge in [0.25, 0.3) is 0 Å². The number of sulfonamides is 1. The van der Waals surface area contributed by atoms with Crippen molar-refractivity contribution in [3.8, 4) is 0 Å². The topological polar surface area (TPSA) is 58.6 Å². The predicted molar refractivity (Wildman–Crippen MR) is 82.3 cm³/mol. The Kier molecular flexibility index (Phi) is 8.02. The van der Waals surface area contributed by atoms with E-state index in [2.05, 4.69) is 5.32 Å². The Labute approximate surface area is 124 Å². The van der Waals surface area contributed by atoms with E-state index in [1.165, 1.54) is 0 Å². The number of piperidine rings is 1. The summed E-state index contributed by atoms with van der Waals surface area (Å²) in [6.45, 7) is 6.85. The average Bonchev–Trinajstić information content (AvgIpc) is 2.44. The molecule has 5 nitrogen and oxygen atoms in total. The van der Waals surface area contributed by atoms with Crippen molar-refractivity contribution in [1.82, 2.24) is 9.62 Å². The second-order valence-corrected chi connectivity index (χ2v) is 7.53. The zero-order valence-corrected chi connectivity index (χ0v) is 13.9. The normalized spacial score (nSPS) is 20.8. The van der Waals surface area contributed by atoms with Crippen LogP contribution in [-0.4, -0.2) is 57.9 Å². The van der Waals surface area contributed by atoms with Crippen LogP contribution in [0.4, 0.5) is 0 Å². The van der Waals surface area contributed by atoms with Crippen LogP contribution in [0.25, 0.3) is 0 Å².